The van der Waals surface area contributed by atoms with E-state index < -0.39 is 16.1 Å². The first-order valence-electron chi connectivity index (χ1n) is 11.5. The molecule has 0 spiro atoms. The third-order valence-corrected chi connectivity index (χ3v) is 7.14. The Balaban J connectivity index is 1.60. The maximum Gasteiger partial charge on any atom is 0.244 e. The molecule has 0 aliphatic rings. The zero-order valence-electron chi connectivity index (χ0n) is 19.8. The lowest BCUT2D eigenvalue weighted by Gasteiger charge is -2.19. The Morgan fingerprint density at radius 1 is 0.917 bits per heavy atom. The van der Waals surface area contributed by atoms with Crippen LogP contribution >= 0.6 is 0 Å². The van der Waals surface area contributed by atoms with Crippen LogP contribution in [0.2, 0.25) is 0 Å². The Hall–Kier alpha value is -4.01. The van der Waals surface area contributed by atoms with E-state index in [-0.39, 0.29) is 22.8 Å². The summed E-state index contributed by atoms with van der Waals surface area (Å²) in [5.74, 6) is 0.236. The van der Waals surface area contributed by atoms with Crippen LogP contribution in [0.15, 0.2) is 102 Å². The molecule has 4 aromatic rings. The van der Waals surface area contributed by atoms with Crippen LogP contribution in [0.1, 0.15) is 30.5 Å². The molecule has 0 saturated carbocycles. The molecular weight excluding hydrogens is 474 g/mol. The van der Waals surface area contributed by atoms with Crippen molar-refractivity contribution in [2.75, 3.05) is 5.32 Å². The number of carbonyl (C=O) groups excluding carboxylic acids is 1. The van der Waals surface area contributed by atoms with Crippen molar-refractivity contribution in [2.24, 2.45) is 0 Å². The molecule has 1 aromatic heterocycles. The van der Waals surface area contributed by atoms with E-state index in [4.69, 9.17) is 0 Å². The molecular formula is C28H27N3O4S. The van der Waals surface area contributed by atoms with E-state index >= 15 is 0 Å². The van der Waals surface area contributed by atoms with Gasteiger partial charge in [0.1, 0.15) is 22.2 Å². The van der Waals surface area contributed by atoms with Crippen LogP contribution in [0, 0.1) is 0 Å². The lowest BCUT2D eigenvalue weighted by molar-refractivity contribution is -0.117. The summed E-state index contributed by atoms with van der Waals surface area (Å²) in [5.41, 5.74) is 3.09. The highest BCUT2D eigenvalue weighted by molar-refractivity contribution is 7.89. The Morgan fingerprint density at radius 2 is 1.67 bits per heavy atom. The number of hydrogen-bond donors (Lipinski definition) is 3. The van der Waals surface area contributed by atoms with Crippen molar-refractivity contribution in [3.8, 4) is 16.9 Å². The van der Waals surface area contributed by atoms with Crippen molar-refractivity contribution in [1.29, 1.82) is 0 Å². The number of aromatic nitrogens is 1. The van der Waals surface area contributed by atoms with Gasteiger partial charge in [0.25, 0.3) is 0 Å². The molecule has 1 atom stereocenters. The van der Waals surface area contributed by atoms with Crippen molar-refractivity contribution in [2.45, 2.75) is 30.8 Å². The number of ketones is 1. The maximum atomic E-state index is 13.3. The fourth-order valence-electron chi connectivity index (χ4n) is 3.88. The number of nitrogens with one attached hydrogen (secondary N) is 2. The SMILES string of the molecule is CC(=O)CC(NS(=O)(=O)c1cc(-c2cccc(CNc3ccccn3)c2)ccc1O)c1ccccc1. The Labute approximate surface area is 210 Å². The zero-order chi connectivity index (χ0) is 25.5. The number of phenolic OH excluding ortho intramolecular Hbond substituents is 1. The summed E-state index contributed by atoms with van der Waals surface area (Å²) in [6.07, 6.45) is 1.71. The standard InChI is InChI=1S/C28H27N3O4S/c1-20(32)16-25(22-9-3-2-4-10-22)31-36(34,35)27-18-24(13-14-26(27)33)23-11-7-8-21(17-23)19-30-28-12-5-6-15-29-28/h2-15,17-18,25,31,33H,16,19H2,1H3,(H,29,30). The van der Waals surface area contributed by atoms with Crippen LogP contribution in [0.5, 0.6) is 5.75 Å². The van der Waals surface area contributed by atoms with Crippen molar-refractivity contribution >= 4 is 21.6 Å². The molecule has 1 unspecified atom stereocenters. The highest BCUT2D eigenvalue weighted by Crippen LogP contribution is 2.31. The molecule has 3 aromatic carbocycles. The summed E-state index contributed by atoms with van der Waals surface area (Å²) in [6.45, 7) is 1.96. The first kappa shape index (κ1) is 25.1. The van der Waals surface area contributed by atoms with Gasteiger partial charge in [-0.05, 0) is 59.5 Å². The highest BCUT2D eigenvalue weighted by atomic mass is 32.2. The molecule has 0 aliphatic heterocycles. The van der Waals surface area contributed by atoms with E-state index in [1.165, 1.54) is 19.1 Å². The fourth-order valence-corrected chi connectivity index (χ4v) is 5.23. The summed E-state index contributed by atoms with van der Waals surface area (Å²) >= 11 is 0. The number of anilines is 1. The molecule has 1 heterocycles. The predicted molar refractivity (Wildman–Crippen MR) is 140 cm³/mol. The van der Waals surface area contributed by atoms with Crippen LogP contribution in [0.3, 0.4) is 0 Å². The van der Waals surface area contributed by atoms with Gasteiger partial charge in [0.2, 0.25) is 10.0 Å². The fraction of sp³-hybridized carbons (Fsp3) is 0.143. The highest BCUT2D eigenvalue weighted by Gasteiger charge is 2.25. The van der Waals surface area contributed by atoms with Gasteiger partial charge in [-0.1, -0.05) is 60.7 Å². The van der Waals surface area contributed by atoms with Gasteiger partial charge >= 0.3 is 0 Å². The second-order valence-corrected chi connectivity index (χ2v) is 10.1. The summed E-state index contributed by atoms with van der Waals surface area (Å²) in [4.78, 5) is 15.8. The molecule has 7 nitrogen and oxygen atoms in total. The minimum Gasteiger partial charge on any atom is -0.507 e. The normalized spacial score (nSPS) is 12.1. The number of phenols is 1. The lowest BCUT2D eigenvalue weighted by atomic mass is 10.0. The largest absolute Gasteiger partial charge is 0.507 e. The molecule has 0 radical (unpaired) electrons. The summed E-state index contributed by atoms with van der Waals surface area (Å²) in [6, 6.07) is 25.9. The maximum absolute atomic E-state index is 13.3. The van der Waals surface area contributed by atoms with E-state index in [1.54, 1.807) is 36.5 Å². The molecule has 0 saturated heterocycles. The first-order valence-corrected chi connectivity index (χ1v) is 12.9. The van der Waals surface area contributed by atoms with Crippen molar-refractivity contribution in [3.63, 3.8) is 0 Å². The minimum absolute atomic E-state index is 0.00495. The average Bonchev–Trinajstić information content (AvgIpc) is 2.88. The Bertz CT molecular complexity index is 1440. The van der Waals surface area contributed by atoms with Crippen LogP contribution in [-0.2, 0) is 21.4 Å². The van der Waals surface area contributed by atoms with Crippen molar-refractivity contribution in [1.82, 2.24) is 9.71 Å². The van der Waals surface area contributed by atoms with Crippen molar-refractivity contribution in [3.05, 3.63) is 108 Å². The van der Waals surface area contributed by atoms with Crippen LogP contribution in [0.4, 0.5) is 5.82 Å². The number of aromatic hydroxyl groups is 1. The quantitative estimate of drug-likeness (QED) is 0.280. The lowest BCUT2D eigenvalue weighted by Crippen LogP contribution is -2.30. The number of nitrogens with zero attached hydrogens (tertiary/aromatic N) is 1. The van der Waals surface area contributed by atoms with Gasteiger partial charge in [-0.3, -0.25) is 4.79 Å². The van der Waals surface area contributed by atoms with Gasteiger partial charge in [-0.2, -0.15) is 0 Å². The first-order chi connectivity index (χ1) is 17.3. The smallest absolute Gasteiger partial charge is 0.244 e. The Morgan fingerprint density at radius 3 is 2.39 bits per heavy atom. The van der Waals surface area contributed by atoms with Crippen LogP contribution in [-0.4, -0.2) is 24.3 Å². The summed E-state index contributed by atoms with van der Waals surface area (Å²) in [7, 11) is -4.14. The van der Waals surface area contributed by atoms with Gasteiger partial charge < -0.3 is 10.4 Å². The molecule has 4 rings (SSSR count). The second-order valence-electron chi connectivity index (χ2n) is 8.44. The number of sulfonamides is 1. The molecule has 0 amide bonds. The molecule has 0 bridgehead atoms. The van der Waals surface area contributed by atoms with Gasteiger partial charge in [0.05, 0.1) is 6.04 Å². The van der Waals surface area contributed by atoms with E-state index in [1.807, 2.05) is 48.5 Å². The number of pyridine rings is 1. The molecule has 3 N–H and O–H groups in total. The van der Waals surface area contributed by atoms with Crippen LogP contribution in [0.25, 0.3) is 11.1 Å². The van der Waals surface area contributed by atoms with Gasteiger partial charge in [0, 0.05) is 19.2 Å². The van der Waals surface area contributed by atoms with Gasteiger partial charge in [0.15, 0.2) is 0 Å². The number of benzene rings is 3. The number of carbonyl (C=O) groups is 1. The molecule has 36 heavy (non-hydrogen) atoms. The minimum atomic E-state index is -4.14. The topological polar surface area (TPSA) is 108 Å². The molecule has 184 valence electrons. The van der Waals surface area contributed by atoms with E-state index in [0.717, 1.165) is 16.9 Å². The van der Waals surface area contributed by atoms with E-state index in [0.29, 0.717) is 17.7 Å². The van der Waals surface area contributed by atoms with Crippen molar-refractivity contribution < 1.29 is 18.3 Å². The van der Waals surface area contributed by atoms with Crippen LogP contribution < -0.4 is 10.0 Å². The number of Topliss-reactive ketones (excluding diaryl/α,β-unsaturated/α-hetero) is 1. The van der Waals surface area contributed by atoms with E-state index in [9.17, 15) is 18.3 Å². The van der Waals surface area contributed by atoms with E-state index in [2.05, 4.69) is 15.0 Å². The third kappa shape index (κ3) is 6.35. The molecule has 8 heteroatoms. The predicted octanol–water partition coefficient (Wildman–Crippen LogP) is 5.07. The monoisotopic (exact) mass is 501 g/mol. The van der Waals surface area contributed by atoms with Gasteiger partial charge in [-0.15, -0.1) is 0 Å². The third-order valence-electron chi connectivity index (χ3n) is 5.64. The Kier molecular flexibility index (Phi) is 7.77. The molecule has 0 aliphatic carbocycles. The summed E-state index contributed by atoms with van der Waals surface area (Å²) in [5, 5.41) is 13.7. The number of rotatable bonds is 10. The van der Waals surface area contributed by atoms with Gasteiger partial charge in [-0.25, -0.2) is 18.1 Å². The number of hydrogen-bond acceptors (Lipinski definition) is 6. The second kappa shape index (κ2) is 11.2. The molecule has 0 fully saturated rings. The zero-order valence-corrected chi connectivity index (χ0v) is 20.6. The summed E-state index contributed by atoms with van der Waals surface area (Å²) < 4.78 is 29.3. The average molecular weight is 502 g/mol.